The van der Waals surface area contributed by atoms with Crippen LogP contribution in [0.3, 0.4) is 0 Å². The minimum absolute atomic E-state index is 0.184. The van der Waals surface area contributed by atoms with Crippen LogP contribution in [0.25, 0.3) is 10.9 Å². The molecule has 0 spiro atoms. The molecule has 0 bridgehead atoms. The Morgan fingerprint density at radius 2 is 1.73 bits per heavy atom. The molecule has 0 saturated heterocycles. The van der Waals surface area contributed by atoms with Gasteiger partial charge in [-0.05, 0) is 54.4 Å². The van der Waals surface area contributed by atoms with Crippen LogP contribution in [0.2, 0.25) is 0 Å². The van der Waals surface area contributed by atoms with Crippen LogP contribution in [0.5, 0.6) is 0 Å². The van der Waals surface area contributed by atoms with Crippen molar-refractivity contribution in [1.82, 2.24) is 19.2 Å². The molecule has 1 amide bonds. The molecule has 2 aromatic carbocycles. The highest BCUT2D eigenvalue weighted by molar-refractivity contribution is 7.89. The Bertz CT molecular complexity index is 1380. The van der Waals surface area contributed by atoms with E-state index in [1.54, 1.807) is 36.7 Å². The third kappa shape index (κ3) is 4.67. The lowest BCUT2D eigenvalue weighted by atomic mass is 10.1. The Morgan fingerprint density at radius 1 is 1.03 bits per heavy atom. The number of fused-ring (bicyclic) bond motifs is 1. The number of hydrogen-bond acceptors (Lipinski definition) is 4. The number of carbonyl (C=O) groups is 1. The molecule has 0 unspecified atom stereocenters. The monoisotopic (exact) mass is 462 g/mol. The van der Waals surface area contributed by atoms with E-state index < -0.39 is 10.0 Å². The van der Waals surface area contributed by atoms with Gasteiger partial charge in [0, 0.05) is 43.9 Å². The Hall–Kier alpha value is -3.49. The lowest BCUT2D eigenvalue weighted by Crippen LogP contribution is -2.28. The summed E-state index contributed by atoms with van der Waals surface area (Å²) in [4.78, 5) is 17.6. The van der Waals surface area contributed by atoms with Crippen molar-refractivity contribution >= 4 is 26.8 Å². The summed E-state index contributed by atoms with van der Waals surface area (Å²) in [6, 6.07) is 20.0. The van der Waals surface area contributed by atoms with Gasteiger partial charge in [0.05, 0.1) is 10.9 Å². The van der Waals surface area contributed by atoms with E-state index in [0.717, 1.165) is 16.6 Å². The summed E-state index contributed by atoms with van der Waals surface area (Å²) in [7, 11) is -0.595. The molecule has 2 heterocycles. The highest BCUT2D eigenvalue weighted by Gasteiger charge is 2.22. The summed E-state index contributed by atoms with van der Waals surface area (Å²) >= 11 is 0. The predicted octanol–water partition coefficient (Wildman–Crippen LogP) is 3.83. The van der Waals surface area contributed by atoms with Crippen LogP contribution in [0.1, 0.15) is 34.6 Å². The molecule has 33 heavy (non-hydrogen) atoms. The first-order chi connectivity index (χ1) is 15.8. The van der Waals surface area contributed by atoms with Crippen molar-refractivity contribution in [2.24, 2.45) is 0 Å². The van der Waals surface area contributed by atoms with E-state index in [0.29, 0.717) is 17.6 Å². The first-order valence-electron chi connectivity index (χ1n) is 10.6. The fourth-order valence-electron chi connectivity index (χ4n) is 3.75. The molecule has 1 atom stereocenters. The van der Waals surface area contributed by atoms with E-state index in [-0.39, 0.29) is 16.8 Å². The lowest BCUT2D eigenvalue weighted by molar-refractivity contribution is 0.0931. The molecule has 1 N–H and O–H groups in total. The molecule has 4 aromatic rings. The lowest BCUT2D eigenvalue weighted by Gasteiger charge is -2.16. The van der Waals surface area contributed by atoms with Gasteiger partial charge in [0.2, 0.25) is 10.0 Å². The van der Waals surface area contributed by atoms with E-state index in [2.05, 4.69) is 10.3 Å². The minimum Gasteiger partial charge on any atom is -0.344 e. The van der Waals surface area contributed by atoms with Crippen LogP contribution in [0, 0.1) is 0 Å². The molecule has 0 aliphatic carbocycles. The van der Waals surface area contributed by atoms with Crippen molar-refractivity contribution in [3.63, 3.8) is 0 Å². The number of nitrogens with one attached hydrogen (secondary N) is 1. The smallest absolute Gasteiger partial charge is 0.268 e. The highest BCUT2D eigenvalue weighted by atomic mass is 32.2. The van der Waals surface area contributed by atoms with Gasteiger partial charge in [0.25, 0.3) is 5.91 Å². The van der Waals surface area contributed by atoms with Crippen LogP contribution in [0.4, 0.5) is 0 Å². The van der Waals surface area contributed by atoms with Crippen molar-refractivity contribution in [2.45, 2.75) is 24.4 Å². The van der Waals surface area contributed by atoms with Gasteiger partial charge < -0.3 is 9.88 Å². The molecule has 0 aliphatic rings. The van der Waals surface area contributed by atoms with E-state index in [1.807, 2.05) is 54.0 Å². The summed E-state index contributed by atoms with van der Waals surface area (Å²) in [6.07, 6.45) is 3.42. The second-order valence-electron chi connectivity index (χ2n) is 8.09. The highest BCUT2D eigenvalue weighted by Crippen LogP contribution is 2.26. The third-order valence-electron chi connectivity index (χ3n) is 5.62. The Kier molecular flexibility index (Phi) is 6.31. The zero-order chi connectivity index (χ0) is 23.6. The molecule has 7 nitrogen and oxygen atoms in total. The van der Waals surface area contributed by atoms with E-state index in [1.165, 1.54) is 18.4 Å². The van der Waals surface area contributed by atoms with E-state index in [4.69, 9.17) is 0 Å². The largest absolute Gasteiger partial charge is 0.344 e. The fraction of sp³-hybridized carbons (Fsp3) is 0.200. The Morgan fingerprint density at radius 3 is 2.39 bits per heavy atom. The van der Waals surface area contributed by atoms with E-state index in [9.17, 15) is 13.2 Å². The van der Waals surface area contributed by atoms with E-state index >= 15 is 0 Å². The molecule has 8 heteroatoms. The molecule has 2 aromatic heterocycles. The molecule has 0 radical (unpaired) electrons. The molecule has 0 saturated carbocycles. The van der Waals surface area contributed by atoms with Crippen molar-refractivity contribution in [2.75, 3.05) is 14.1 Å². The van der Waals surface area contributed by atoms with Crippen molar-refractivity contribution in [3.8, 4) is 0 Å². The molecule has 4 rings (SSSR count). The third-order valence-corrected chi connectivity index (χ3v) is 7.43. The first-order valence-corrected chi connectivity index (χ1v) is 12.0. The van der Waals surface area contributed by atoms with Gasteiger partial charge in [-0.25, -0.2) is 12.7 Å². The molecular weight excluding hydrogens is 436 g/mol. The first kappa shape index (κ1) is 22.7. The zero-order valence-corrected chi connectivity index (χ0v) is 19.6. The zero-order valence-electron chi connectivity index (χ0n) is 18.8. The molecule has 170 valence electrons. The number of carbonyl (C=O) groups excluding carboxylic acids is 1. The number of rotatable bonds is 7. The summed E-state index contributed by atoms with van der Waals surface area (Å²) < 4.78 is 28.3. The maximum Gasteiger partial charge on any atom is 0.268 e. The quantitative estimate of drug-likeness (QED) is 0.452. The van der Waals surface area contributed by atoms with Gasteiger partial charge in [-0.1, -0.05) is 30.3 Å². The fourth-order valence-corrected chi connectivity index (χ4v) is 4.68. The summed E-state index contributed by atoms with van der Waals surface area (Å²) in [5, 5.41) is 3.75. The maximum atomic E-state index is 13.3. The number of benzene rings is 2. The summed E-state index contributed by atoms with van der Waals surface area (Å²) in [6.45, 7) is 2.39. The Labute approximate surface area is 193 Å². The maximum absolute atomic E-state index is 13.3. The molecule has 0 fully saturated rings. The minimum atomic E-state index is -3.59. The van der Waals surface area contributed by atoms with Gasteiger partial charge in [-0.2, -0.15) is 0 Å². The van der Waals surface area contributed by atoms with Crippen molar-refractivity contribution in [3.05, 3.63) is 95.9 Å². The standard InChI is InChI=1S/C25H26N4O3S/c1-18(20-7-5-4-6-8-20)27-25(30)24-16-21-15-22(33(31,32)28(2)3)9-10-23(21)29(24)17-19-11-13-26-14-12-19/h4-16,18H,17H2,1-3H3,(H,27,30)/t18-/m0/s1. The van der Waals surface area contributed by atoms with Crippen LogP contribution in [-0.2, 0) is 16.6 Å². The number of pyridine rings is 1. The van der Waals surface area contributed by atoms with Crippen LogP contribution < -0.4 is 5.32 Å². The van der Waals surface area contributed by atoms with Gasteiger partial charge in [0.1, 0.15) is 5.69 Å². The van der Waals surface area contributed by atoms with Crippen LogP contribution in [0.15, 0.2) is 84.0 Å². The SMILES string of the molecule is C[C@H](NC(=O)c1cc2cc(S(=O)(=O)N(C)C)ccc2n1Cc1ccncc1)c1ccccc1. The average molecular weight is 463 g/mol. The number of aromatic nitrogens is 2. The summed E-state index contributed by atoms with van der Waals surface area (Å²) in [5.41, 5.74) is 3.23. The normalized spacial score (nSPS) is 12.7. The van der Waals surface area contributed by atoms with Crippen molar-refractivity contribution < 1.29 is 13.2 Å². The number of nitrogens with zero attached hydrogens (tertiary/aromatic N) is 3. The Balaban J connectivity index is 1.77. The molecular formula is C25H26N4O3S. The molecule has 0 aliphatic heterocycles. The number of hydrogen-bond donors (Lipinski definition) is 1. The van der Waals surface area contributed by atoms with Gasteiger partial charge in [-0.15, -0.1) is 0 Å². The van der Waals surface area contributed by atoms with Gasteiger partial charge >= 0.3 is 0 Å². The average Bonchev–Trinajstić information content (AvgIpc) is 3.18. The second kappa shape index (κ2) is 9.17. The van der Waals surface area contributed by atoms with Crippen molar-refractivity contribution in [1.29, 1.82) is 0 Å². The second-order valence-corrected chi connectivity index (χ2v) is 10.2. The van der Waals surface area contributed by atoms with Crippen LogP contribution in [-0.4, -0.2) is 42.3 Å². The topological polar surface area (TPSA) is 84.3 Å². The predicted molar refractivity (Wildman–Crippen MR) is 128 cm³/mol. The number of amides is 1. The summed E-state index contributed by atoms with van der Waals surface area (Å²) in [5.74, 6) is -0.228. The number of sulfonamides is 1. The van der Waals surface area contributed by atoms with Gasteiger partial charge in [-0.3, -0.25) is 9.78 Å². The van der Waals surface area contributed by atoms with Gasteiger partial charge in [0.15, 0.2) is 0 Å². The van der Waals surface area contributed by atoms with Crippen LogP contribution >= 0.6 is 0 Å².